The van der Waals surface area contributed by atoms with Crippen LogP contribution in [-0.4, -0.2) is 53.0 Å². The zero-order chi connectivity index (χ0) is 11.2. The van der Waals surface area contributed by atoms with Crippen LogP contribution in [0.25, 0.3) is 0 Å². The lowest BCUT2D eigenvalue weighted by molar-refractivity contribution is -0.893. The molecule has 0 aromatic rings. The van der Waals surface area contributed by atoms with Crippen molar-refractivity contribution < 1.29 is 33.7 Å². The Morgan fingerprint density at radius 1 is 1.07 bits per heavy atom. The van der Waals surface area contributed by atoms with Gasteiger partial charge in [-0.15, -0.1) is 0 Å². The summed E-state index contributed by atoms with van der Waals surface area (Å²) in [7, 11) is 4.47. The van der Waals surface area contributed by atoms with Crippen molar-refractivity contribution in [3.8, 4) is 0 Å². The number of hydrogen-bond acceptors (Lipinski definition) is 2. The molecule has 1 aliphatic rings. The average Bonchev–Trinajstić information content (AvgIpc) is 2.01. The molecule has 1 heterocycles. The Bertz CT molecular complexity index is 227. The van der Waals surface area contributed by atoms with Gasteiger partial charge in [-0.2, -0.15) is 5.06 Å². The van der Waals surface area contributed by atoms with Gasteiger partial charge in [0.15, 0.2) is 0 Å². The normalized spacial score (nSPS) is 29.0. The van der Waals surface area contributed by atoms with Gasteiger partial charge in [-0.1, -0.05) is 0 Å². The summed E-state index contributed by atoms with van der Waals surface area (Å²) in [4.78, 5) is 0. The molecule has 0 spiro atoms. The lowest BCUT2D eigenvalue weighted by atomic mass is 9.95. The maximum Gasteiger partial charge on any atom is 0.0987 e. The summed E-state index contributed by atoms with van der Waals surface area (Å²) in [5.41, 5.74) is -0.265. The maximum absolute atomic E-state index is 10.2. The molecule has 1 fully saturated rings. The minimum absolute atomic E-state index is 0. The molecule has 1 aliphatic heterocycles. The molecule has 4 heteroatoms. The molecule has 1 saturated heterocycles. The monoisotopic (exact) mass is 328 g/mol. The average molecular weight is 328 g/mol. The number of rotatable bonds is 0. The van der Waals surface area contributed by atoms with E-state index in [9.17, 15) is 5.21 Å². The fourth-order valence-electron chi connectivity index (χ4n) is 2.70. The minimum Gasteiger partial charge on any atom is -1.00 e. The largest absolute Gasteiger partial charge is 1.00 e. The molecule has 0 bridgehead atoms. The van der Waals surface area contributed by atoms with Crippen molar-refractivity contribution in [1.29, 1.82) is 0 Å². The quantitative estimate of drug-likeness (QED) is 0.442. The van der Waals surface area contributed by atoms with Crippen molar-refractivity contribution in [3.05, 3.63) is 0 Å². The van der Waals surface area contributed by atoms with Crippen LogP contribution in [-0.2, 0) is 0 Å². The molecule has 3 nitrogen and oxygen atoms in total. The van der Waals surface area contributed by atoms with Gasteiger partial charge < -0.3 is 33.7 Å². The van der Waals surface area contributed by atoms with Crippen LogP contribution >= 0.6 is 0 Å². The molecule has 15 heavy (non-hydrogen) atoms. The van der Waals surface area contributed by atoms with Crippen molar-refractivity contribution in [2.24, 2.45) is 0 Å². The van der Waals surface area contributed by atoms with Gasteiger partial charge in [0.2, 0.25) is 0 Å². The van der Waals surface area contributed by atoms with E-state index in [1.54, 1.807) is 5.06 Å². The lowest BCUT2D eigenvalue weighted by Crippen LogP contribution is -3.00. The minimum atomic E-state index is -0.149. The zero-order valence-electron chi connectivity index (χ0n) is 10.8. The predicted molar refractivity (Wildman–Crippen MR) is 58.2 cm³/mol. The smallest absolute Gasteiger partial charge is 0.0987 e. The second kappa shape index (κ2) is 4.47. The first-order valence-electron chi connectivity index (χ1n) is 5.38. The van der Waals surface area contributed by atoms with Crippen LogP contribution in [0.1, 0.15) is 34.1 Å². The van der Waals surface area contributed by atoms with Crippen LogP contribution in [0.3, 0.4) is 0 Å². The van der Waals surface area contributed by atoms with Crippen molar-refractivity contribution in [1.82, 2.24) is 5.06 Å². The lowest BCUT2D eigenvalue weighted by Gasteiger charge is -2.41. The highest BCUT2D eigenvalue weighted by Crippen LogP contribution is 2.31. The predicted octanol–water partition coefficient (Wildman–Crippen LogP) is -1.28. The summed E-state index contributed by atoms with van der Waals surface area (Å²) < 4.78 is 0.980. The van der Waals surface area contributed by atoms with Crippen LogP contribution in [0.2, 0.25) is 0 Å². The van der Waals surface area contributed by atoms with E-state index in [0.29, 0.717) is 0 Å². The number of quaternary nitrogens is 1. The summed E-state index contributed by atoms with van der Waals surface area (Å²) >= 11 is 0. The second-order valence-electron chi connectivity index (χ2n) is 6.50. The molecule has 1 rings (SSSR count). The van der Waals surface area contributed by atoms with E-state index < -0.39 is 0 Å². The molecule has 92 valence electrons. The Morgan fingerprint density at radius 3 is 2.00 bits per heavy atom. The summed E-state index contributed by atoms with van der Waals surface area (Å²) in [5, 5.41) is 11.7. The molecule has 0 unspecified atom stereocenters. The van der Waals surface area contributed by atoms with Gasteiger partial charge in [-0.05, 0) is 27.7 Å². The third-order valence-corrected chi connectivity index (χ3v) is 3.29. The van der Waals surface area contributed by atoms with Crippen molar-refractivity contribution >= 4 is 0 Å². The van der Waals surface area contributed by atoms with E-state index in [0.717, 1.165) is 24.0 Å². The number of hydrogen-bond donors (Lipinski definition) is 1. The van der Waals surface area contributed by atoms with Gasteiger partial charge >= 0.3 is 0 Å². The summed E-state index contributed by atoms with van der Waals surface area (Å²) in [6, 6.07) is 0. The van der Waals surface area contributed by atoms with E-state index in [2.05, 4.69) is 41.8 Å². The van der Waals surface area contributed by atoms with E-state index in [-0.39, 0.29) is 35.1 Å². The van der Waals surface area contributed by atoms with E-state index in [1.807, 2.05) is 0 Å². The molecule has 0 aromatic carbocycles. The van der Waals surface area contributed by atoms with E-state index in [4.69, 9.17) is 0 Å². The highest BCUT2D eigenvalue weighted by Gasteiger charge is 2.45. The Morgan fingerprint density at radius 2 is 1.53 bits per heavy atom. The molecule has 0 atom stereocenters. The highest BCUT2D eigenvalue weighted by atomic mass is 127. The van der Waals surface area contributed by atoms with Crippen LogP contribution in [0.5, 0.6) is 0 Å². The standard InChI is InChI=1S/C11H25N2O.HI/c1-10(2)7-8-13(5,6)9-11(3,4)12(10)14;/h14H,7-9H2,1-6H3;1H/q+1;/p-1. The van der Waals surface area contributed by atoms with Gasteiger partial charge in [0.25, 0.3) is 0 Å². The zero-order valence-corrected chi connectivity index (χ0v) is 13.0. The van der Waals surface area contributed by atoms with Crippen molar-refractivity contribution in [2.45, 2.75) is 45.2 Å². The molecule has 0 amide bonds. The van der Waals surface area contributed by atoms with E-state index >= 15 is 0 Å². The Hall–Kier alpha value is 0.610. The Balaban J connectivity index is 0.00000196. The summed E-state index contributed by atoms with van der Waals surface area (Å²) in [5.74, 6) is 0. The number of nitrogens with zero attached hydrogens (tertiary/aromatic N) is 2. The van der Waals surface area contributed by atoms with Gasteiger partial charge in [-0.3, -0.25) is 0 Å². The van der Waals surface area contributed by atoms with Crippen LogP contribution < -0.4 is 24.0 Å². The maximum atomic E-state index is 10.2. The molecule has 0 aromatic heterocycles. The molecule has 0 radical (unpaired) electrons. The number of hydroxylamine groups is 2. The van der Waals surface area contributed by atoms with Crippen molar-refractivity contribution in [2.75, 3.05) is 27.2 Å². The van der Waals surface area contributed by atoms with Gasteiger partial charge in [0.05, 0.1) is 32.7 Å². The fraction of sp³-hybridized carbons (Fsp3) is 1.00. The van der Waals surface area contributed by atoms with E-state index in [1.165, 1.54) is 0 Å². The van der Waals surface area contributed by atoms with Gasteiger partial charge in [0, 0.05) is 12.0 Å². The molecule has 1 N–H and O–H groups in total. The first kappa shape index (κ1) is 15.6. The first-order chi connectivity index (χ1) is 6.07. The third kappa shape index (κ3) is 3.54. The number of likely N-dealkylation sites (N-methyl/N-ethyl adjacent to an activating group) is 1. The molecular formula is C11H25IN2O. The van der Waals surface area contributed by atoms with Crippen LogP contribution in [0.15, 0.2) is 0 Å². The molecule has 0 saturated carbocycles. The second-order valence-corrected chi connectivity index (χ2v) is 6.50. The van der Waals surface area contributed by atoms with Crippen molar-refractivity contribution in [3.63, 3.8) is 0 Å². The van der Waals surface area contributed by atoms with Crippen LogP contribution in [0, 0.1) is 0 Å². The topological polar surface area (TPSA) is 23.5 Å². The van der Waals surface area contributed by atoms with Gasteiger partial charge in [-0.25, -0.2) is 0 Å². The Kier molecular flexibility index (Phi) is 4.65. The SMILES string of the molecule is CC1(C)CC[N+](C)(C)CC(C)(C)N1O.[I-]. The molecular weight excluding hydrogens is 303 g/mol. The summed E-state index contributed by atoms with van der Waals surface area (Å²) in [6.07, 6.45) is 1.03. The fourth-order valence-corrected chi connectivity index (χ4v) is 2.70. The number of halogens is 1. The molecule has 0 aliphatic carbocycles. The van der Waals surface area contributed by atoms with Gasteiger partial charge in [0.1, 0.15) is 0 Å². The summed E-state index contributed by atoms with van der Waals surface area (Å²) in [6.45, 7) is 10.5. The third-order valence-electron chi connectivity index (χ3n) is 3.29. The first-order valence-corrected chi connectivity index (χ1v) is 5.38. The Labute approximate surface area is 111 Å². The highest BCUT2D eigenvalue weighted by molar-refractivity contribution is 4.89. The van der Waals surface area contributed by atoms with Crippen LogP contribution in [0.4, 0.5) is 0 Å².